The number of aliphatic hydroxyl groups is 1. The molecule has 0 amide bonds. The lowest BCUT2D eigenvalue weighted by Gasteiger charge is -2.26. The maximum Gasteiger partial charge on any atom is 0.268 e. The van der Waals surface area contributed by atoms with E-state index in [0.29, 0.717) is 5.69 Å². The smallest absolute Gasteiger partial charge is 0.268 e. The Labute approximate surface area is 130 Å². The Morgan fingerprint density at radius 2 is 1.77 bits per heavy atom. The molecule has 0 aliphatic rings. The number of para-hydroxylation sites is 1. The molecule has 22 heavy (non-hydrogen) atoms. The fraction of sp³-hybridized carbons (Fsp3) is 0.250. The lowest BCUT2D eigenvalue weighted by Crippen LogP contribution is -2.36. The van der Waals surface area contributed by atoms with Gasteiger partial charge in [-0.15, -0.1) is 0 Å². The van der Waals surface area contributed by atoms with Gasteiger partial charge in [-0.25, -0.2) is 8.42 Å². The van der Waals surface area contributed by atoms with Gasteiger partial charge in [-0.3, -0.25) is 4.31 Å². The van der Waals surface area contributed by atoms with Gasteiger partial charge in [0, 0.05) is 0 Å². The molecule has 0 fully saturated rings. The Kier molecular flexibility index (Phi) is 4.73. The van der Waals surface area contributed by atoms with Crippen LogP contribution >= 0.6 is 0 Å². The number of aliphatic hydroxyl groups excluding tert-OH is 1. The van der Waals surface area contributed by atoms with Gasteiger partial charge in [0.05, 0.1) is 18.3 Å². The second kappa shape index (κ2) is 6.37. The highest BCUT2D eigenvalue weighted by Crippen LogP contribution is 2.30. The van der Waals surface area contributed by atoms with E-state index >= 15 is 0 Å². The molecule has 0 aliphatic carbocycles. The fourth-order valence-corrected chi connectivity index (χ4v) is 3.84. The van der Waals surface area contributed by atoms with Crippen molar-refractivity contribution in [2.75, 3.05) is 10.8 Å². The lowest BCUT2D eigenvalue weighted by molar-refractivity contribution is 0.204. The number of phenols is 1. The van der Waals surface area contributed by atoms with Gasteiger partial charge < -0.3 is 10.2 Å². The molecule has 0 saturated carbocycles. The first-order valence-corrected chi connectivity index (χ1v) is 8.32. The molecule has 0 heterocycles. The minimum absolute atomic E-state index is 0.0975. The Morgan fingerprint density at radius 1 is 1.14 bits per heavy atom. The molecule has 0 saturated heterocycles. The van der Waals surface area contributed by atoms with Crippen molar-refractivity contribution in [3.63, 3.8) is 0 Å². The van der Waals surface area contributed by atoms with Gasteiger partial charge >= 0.3 is 0 Å². The third-order valence-electron chi connectivity index (χ3n) is 3.16. The summed E-state index contributed by atoms with van der Waals surface area (Å²) in [6, 6.07) is 12.9. The summed E-state index contributed by atoms with van der Waals surface area (Å²) in [6.45, 7) is 3.17. The van der Waals surface area contributed by atoms with E-state index in [1.54, 1.807) is 43.3 Å². The van der Waals surface area contributed by atoms with E-state index in [-0.39, 0.29) is 17.2 Å². The minimum Gasteiger partial charge on any atom is -0.507 e. The van der Waals surface area contributed by atoms with Gasteiger partial charge in [0.15, 0.2) is 0 Å². The number of hydrogen-bond donors (Lipinski definition) is 2. The number of aromatic hydroxyl groups is 1. The molecule has 118 valence electrons. The average Bonchev–Trinajstić information content (AvgIpc) is 2.47. The van der Waals surface area contributed by atoms with Crippen LogP contribution < -0.4 is 4.31 Å². The topological polar surface area (TPSA) is 77.8 Å². The van der Waals surface area contributed by atoms with E-state index in [9.17, 15) is 18.6 Å². The van der Waals surface area contributed by atoms with Crippen molar-refractivity contribution in [3.8, 4) is 5.75 Å². The van der Waals surface area contributed by atoms with Crippen LogP contribution in [0.4, 0.5) is 5.69 Å². The van der Waals surface area contributed by atoms with Crippen molar-refractivity contribution in [1.82, 2.24) is 0 Å². The molecule has 6 heteroatoms. The number of nitrogens with zero attached hydrogens (tertiary/aromatic N) is 1. The monoisotopic (exact) mass is 321 g/mol. The number of sulfonamides is 1. The summed E-state index contributed by atoms with van der Waals surface area (Å²) >= 11 is 0. The predicted octanol–water partition coefficient (Wildman–Crippen LogP) is 2.28. The number of aryl methyl sites for hydroxylation is 1. The zero-order valence-electron chi connectivity index (χ0n) is 12.5. The predicted molar refractivity (Wildman–Crippen MR) is 85.5 cm³/mol. The van der Waals surface area contributed by atoms with Crippen molar-refractivity contribution in [1.29, 1.82) is 0 Å². The van der Waals surface area contributed by atoms with E-state index in [4.69, 9.17) is 0 Å². The van der Waals surface area contributed by atoms with Crippen molar-refractivity contribution >= 4 is 15.7 Å². The maximum absolute atomic E-state index is 12.9. The third-order valence-corrected chi connectivity index (χ3v) is 4.98. The molecule has 2 rings (SSSR count). The second-order valence-electron chi connectivity index (χ2n) is 5.19. The SMILES string of the molecule is Cc1ccc(O)c(S(=O)(=O)N(C[C@H](C)O)c2ccccc2)c1. The van der Waals surface area contributed by atoms with Crippen LogP contribution in [0.3, 0.4) is 0 Å². The van der Waals surface area contributed by atoms with E-state index < -0.39 is 16.1 Å². The van der Waals surface area contributed by atoms with Gasteiger partial charge in [-0.1, -0.05) is 24.3 Å². The number of anilines is 1. The third kappa shape index (κ3) is 3.40. The molecule has 2 N–H and O–H groups in total. The van der Waals surface area contributed by atoms with Crippen LogP contribution in [0.1, 0.15) is 12.5 Å². The summed E-state index contributed by atoms with van der Waals surface area (Å²) in [5.74, 6) is -0.308. The van der Waals surface area contributed by atoms with Gasteiger partial charge in [0.1, 0.15) is 10.6 Å². The van der Waals surface area contributed by atoms with Gasteiger partial charge in [-0.2, -0.15) is 0 Å². The van der Waals surface area contributed by atoms with E-state index in [1.807, 2.05) is 0 Å². The van der Waals surface area contributed by atoms with Crippen LogP contribution in [-0.4, -0.2) is 31.3 Å². The Bertz CT molecular complexity index is 742. The molecular weight excluding hydrogens is 302 g/mol. The average molecular weight is 321 g/mol. The summed E-state index contributed by atoms with van der Waals surface area (Å²) in [6.07, 6.45) is -0.845. The molecule has 0 radical (unpaired) electrons. The lowest BCUT2D eigenvalue weighted by atomic mass is 10.2. The maximum atomic E-state index is 12.9. The fourth-order valence-electron chi connectivity index (χ4n) is 2.12. The molecule has 0 aromatic heterocycles. The highest BCUT2D eigenvalue weighted by atomic mass is 32.2. The Morgan fingerprint density at radius 3 is 2.36 bits per heavy atom. The second-order valence-corrected chi connectivity index (χ2v) is 7.02. The first-order valence-electron chi connectivity index (χ1n) is 6.88. The summed E-state index contributed by atoms with van der Waals surface area (Å²) in [5, 5.41) is 19.6. The van der Waals surface area contributed by atoms with Crippen molar-refractivity contribution in [3.05, 3.63) is 54.1 Å². The van der Waals surface area contributed by atoms with E-state index in [2.05, 4.69) is 0 Å². The Balaban J connectivity index is 2.57. The zero-order valence-corrected chi connectivity index (χ0v) is 13.3. The molecule has 5 nitrogen and oxygen atoms in total. The van der Waals surface area contributed by atoms with Crippen molar-refractivity contribution in [2.45, 2.75) is 24.8 Å². The zero-order chi connectivity index (χ0) is 16.3. The molecule has 0 bridgehead atoms. The summed E-state index contributed by atoms with van der Waals surface area (Å²) in [4.78, 5) is -0.169. The molecule has 1 atom stereocenters. The van der Waals surface area contributed by atoms with Crippen LogP contribution in [0, 0.1) is 6.92 Å². The van der Waals surface area contributed by atoms with Gasteiger partial charge in [-0.05, 0) is 43.7 Å². The molecule has 0 aliphatic heterocycles. The standard InChI is InChI=1S/C16H19NO4S/c1-12-8-9-15(19)16(10-12)22(20,21)17(11-13(2)18)14-6-4-3-5-7-14/h3-10,13,18-19H,11H2,1-2H3/t13-/m0/s1. The summed E-state index contributed by atoms with van der Waals surface area (Å²) < 4.78 is 26.9. The highest BCUT2D eigenvalue weighted by Gasteiger charge is 2.28. The minimum atomic E-state index is -3.98. The van der Waals surface area contributed by atoms with Gasteiger partial charge in [0.2, 0.25) is 0 Å². The van der Waals surface area contributed by atoms with E-state index in [1.165, 1.54) is 19.1 Å². The van der Waals surface area contributed by atoms with Gasteiger partial charge in [0.25, 0.3) is 10.0 Å². The number of benzene rings is 2. The van der Waals surface area contributed by atoms with Crippen LogP contribution in [0.15, 0.2) is 53.4 Å². The number of rotatable bonds is 5. The number of hydrogen-bond acceptors (Lipinski definition) is 4. The summed E-state index contributed by atoms with van der Waals surface area (Å²) in [7, 11) is -3.98. The molecular formula is C16H19NO4S. The molecule has 0 spiro atoms. The van der Waals surface area contributed by atoms with Crippen molar-refractivity contribution in [2.24, 2.45) is 0 Å². The molecule has 0 unspecified atom stereocenters. The normalized spacial score (nSPS) is 12.9. The van der Waals surface area contributed by atoms with E-state index in [0.717, 1.165) is 9.87 Å². The summed E-state index contributed by atoms with van der Waals surface area (Å²) in [5.41, 5.74) is 1.16. The molecule has 2 aromatic rings. The quantitative estimate of drug-likeness (QED) is 0.885. The van der Waals surface area contributed by atoms with Crippen LogP contribution in [-0.2, 0) is 10.0 Å². The Hall–Kier alpha value is -2.05. The number of phenolic OH excluding ortho intramolecular Hbond substituents is 1. The first-order chi connectivity index (χ1) is 10.3. The van der Waals surface area contributed by atoms with Crippen LogP contribution in [0.5, 0.6) is 5.75 Å². The van der Waals surface area contributed by atoms with Crippen molar-refractivity contribution < 1.29 is 18.6 Å². The largest absolute Gasteiger partial charge is 0.507 e. The highest BCUT2D eigenvalue weighted by molar-refractivity contribution is 7.93. The first kappa shape index (κ1) is 16.3. The van der Waals surface area contributed by atoms with Crippen LogP contribution in [0.25, 0.3) is 0 Å². The molecule has 2 aromatic carbocycles. The van der Waals surface area contributed by atoms with Crippen LogP contribution in [0.2, 0.25) is 0 Å².